The minimum Gasteiger partial charge on any atom is -0.394 e. The summed E-state index contributed by atoms with van der Waals surface area (Å²) in [5.41, 5.74) is 4.91. The topological polar surface area (TPSA) is 23.5 Å². The highest BCUT2D eigenvalue weighted by Crippen LogP contribution is 2.28. The van der Waals surface area contributed by atoms with E-state index >= 15 is 0 Å². The Balaban J connectivity index is 3.20. The molecule has 0 saturated heterocycles. The van der Waals surface area contributed by atoms with Gasteiger partial charge in [-0.15, -0.1) is 0 Å². The molecule has 0 fully saturated rings. The van der Waals surface area contributed by atoms with Crippen molar-refractivity contribution in [3.63, 3.8) is 0 Å². The fraction of sp³-hybridized carbons (Fsp3) is 0.571. The molecular formula is C14H23NO. The van der Waals surface area contributed by atoms with E-state index in [-0.39, 0.29) is 12.1 Å². The van der Waals surface area contributed by atoms with E-state index in [1.165, 1.54) is 22.4 Å². The minimum absolute atomic E-state index is 0.149. The van der Waals surface area contributed by atoms with Crippen LogP contribution in [0.1, 0.15) is 30.5 Å². The maximum atomic E-state index is 9.40. The molecule has 2 heteroatoms. The number of aliphatic hydroxyl groups excluding tert-OH is 1. The third kappa shape index (κ3) is 2.22. The summed E-state index contributed by atoms with van der Waals surface area (Å²) in [4.78, 5) is 2.15. The van der Waals surface area contributed by atoms with Crippen LogP contribution in [0.5, 0.6) is 0 Å². The number of aryl methyl sites for hydroxylation is 1. The monoisotopic (exact) mass is 221 g/mol. The van der Waals surface area contributed by atoms with Gasteiger partial charge in [0.1, 0.15) is 0 Å². The molecule has 0 aliphatic rings. The molecule has 0 heterocycles. The summed E-state index contributed by atoms with van der Waals surface area (Å²) in [6, 6.07) is 4.27. The number of rotatable bonds is 3. The quantitative estimate of drug-likeness (QED) is 0.848. The summed E-state index contributed by atoms with van der Waals surface area (Å²) >= 11 is 0. The second kappa shape index (κ2) is 4.46. The minimum atomic E-state index is -0.230. The highest BCUT2D eigenvalue weighted by atomic mass is 16.3. The third-order valence-corrected chi connectivity index (χ3v) is 3.69. The van der Waals surface area contributed by atoms with Gasteiger partial charge in [-0.2, -0.15) is 0 Å². The first-order chi connectivity index (χ1) is 7.31. The first kappa shape index (κ1) is 13.0. The predicted molar refractivity (Wildman–Crippen MR) is 70.2 cm³/mol. The molecule has 0 unspecified atom stereocenters. The summed E-state index contributed by atoms with van der Waals surface area (Å²) in [6.45, 7) is 10.7. The van der Waals surface area contributed by atoms with Gasteiger partial charge in [0.15, 0.2) is 0 Å². The lowest BCUT2D eigenvalue weighted by atomic mass is 9.98. The number of likely N-dealkylation sites (N-methyl/N-ethyl adjacent to an activating group) is 1. The lowest BCUT2D eigenvalue weighted by Crippen LogP contribution is -2.44. The van der Waals surface area contributed by atoms with Gasteiger partial charge in [-0.25, -0.2) is 0 Å². The summed E-state index contributed by atoms with van der Waals surface area (Å²) in [7, 11) is 2.04. The first-order valence-corrected chi connectivity index (χ1v) is 5.72. The summed E-state index contributed by atoms with van der Waals surface area (Å²) in [5.74, 6) is 0. The van der Waals surface area contributed by atoms with Crippen LogP contribution >= 0.6 is 0 Å². The number of benzene rings is 1. The van der Waals surface area contributed by atoms with Crippen molar-refractivity contribution < 1.29 is 5.11 Å². The molecule has 0 amide bonds. The van der Waals surface area contributed by atoms with E-state index in [0.717, 1.165) is 0 Å². The average molecular weight is 221 g/mol. The van der Waals surface area contributed by atoms with Crippen molar-refractivity contribution in [1.82, 2.24) is 0 Å². The molecule has 1 rings (SSSR count). The number of hydrogen-bond donors (Lipinski definition) is 1. The van der Waals surface area contributed by atoms with E-state index in [0.29, 0.717) is 0 Å². The lowest BCUT2D eigenvalue weighted by Gasteiger charge is -2.37. The molecule has 0 aliphatic heterocycles. The van der Waals surface area contributed by atoms with Crippen LogP contribution in [0, 0.1) is 20.8 Å². The van der Waals surface area contributed by atoms with Crippen LogP contribution in [-0.2, 0) is 0 Å². The Kier molecular flexibility index (Phi) is 3.64. The third-order valence-electron chi connectivity index (χ3n) is 3.69. The van der Waals surface area contributed by atoms with Crippen LogP contribution in [0.2, 0.25) is 0 Å². The number of aliphatic hydroxyl groups is 1. The van der Waals surface area contributed by atoms with Crippen molar-refractivity contribution in [2.24, 2.45) is 0 Å². The standard InChI is InChI=1S/C14H23NO/c1-10-7-8-13(12(3)11(10)2)15(6)14(4,5)9-16/h7-8,16H,9H2,1-6H3. The number of hydrogen-bond acceptors (Lipinski definition) is 2. The van der Waals surface area contributed by atoms with E-state index in [9.17, 15) is 5.11 Å². The average Bonchev–Trinajstić information content (AvgIpc) is 2.25. The van der Waals surface area contributed by atoms with Crippen molar-refractivity contribution in [2.45, 2.75) is 40.2 Å². The Morgan fingerprint density at radius 1 is 1.12 bits per heavy atom. The molecule has 0 atom stereocenters. The van der Waals surface area contributed by atoms with Gasteiger partial charge >= 0.3 is 0 Å². The van der Waals surface area contributed by atoms with Crippen molar-refractivity contribution >= 4 is 5.69 Å². The zero-order valence-electron chi connectivity index (χ0n) is 11.3. The van der Waals surface area contributed by atoms with Crippen molar-refractivity contribution in [3.8, 4) is 0 Å². The Morgan fingerprint density at radius 3 is 2.19 bits per heavy atom. The van der Waals surface area contributed by atoms with Gasteiger partial charge in [-0.1, -0.05) is 6.07 Å². The lowest BCUT2D eigenvalue weighted by molar-refractivity contribution is 0.216. The fourth-order valence-corrected chi connectivity index (χ4v) is 1.74. The van der Waals surface area contributed by atoms with Gasteiger partial charge in [-0.05, 0) is 57.4 Å². The SMILES string of the molecule is Cc1ccc(N(C)C(C)(C)CO)c(C)c1C. The summed E-state index contributed by atoms with van der Waals surface area (Å²) < 4.78 is 0. The van der Waals surface area contributed by atoms with Crippen LogP contribution in [0.15, 0.2) is 12.1 Å². The van der Waals surface area contributed by atoms with Crippen LogP contribution in [0.25, 0.3) is 0 Å². The molecule has 0 aliphatic carbocycles. The van der Waals surface area contributed by atoms with E-state index < -0.39 is 0 Å². The highest BCUT2D eigenvalue weighted by Gasteiger charge is 2.24. The van der Waals surface area contributed by atoms with Crippen LogP contribution in [-0.4, -0.2) is 24.3 Å². The fourth-order valence-electron chi connectivity index (χ4n) is 1.74. The molecule has 90 valence electrons. The Labute approximate surface area is 98.9 Å². The van der Waals surface area contributed by atoms with Crippen molar-refractivity contribution in [2.75, 3.05) is 18.6 Å². The predicted octanol–water partition coefficient (Wildman–Crippen LogP) is 2.82. The summed E-state index contributed by atoms with van der Waals surface area (Å²) in [6.07, 6.45) is 0. The smallest absolute Gasteiger partial charge is 0.0658 e. The van der Waals surface area contributed by atoms with E-state index in [2.05, 4.69) is 37.8 Å². The number of anilines is 1. The van der Waals surface area contributed by atoms with Gasteiger partial charge in [0.25, 0.3) is 0 Å². The highest BCUT2D eigenvalue weighted by molar-refractivity contribution is 5.58. The second-order valence-electron chi connectivity index (χ2n) is 5.18. The molecule has 1 aromatic rings. The molecular weight excluding hydrogens is 198 g/mol. The van der Waals surface area contributed by atoms with Gasteiger partial charge in [0, 0.05) is 12.7 Å². The molecule has 0 radical (unpaired) electrons. The maximum Gasteiger partial charge on any atom is 0.0658 e. The molecule has 0 aromatic heterocycles. The molecule has 0 saturated carbocycles. The molecule has 1 aromatic carbocycles. The molecule has 0 bridgehead atoms. The maximum absolute atomic E-state index is 9.40. The van der Waals surface area contributed by atoms with Gasteiger partial charge in [0.05, 0.1) is 12.1 Å². The van der Waals surface area contributed by atoms with Crippen LogP contribution in [0.4, 0.5) is 5.69 Å². The zero-order chi connectivity index (χ0) is 12.5. The van der Waals surface area contributed by atoms with Crippen molar-refractivity contribution in [3.05, 3.63) is 28.8 Å². The number of nitrogens with zero attached hydrogens (tertiary/aromatic N) is 1. The molecule has 0 spiro atoms. The van der Waals surface area contributed by atoms with Gasteiger partial charge < -0.3 is 10.0 Å². The zero-order valence-corrected chi connectivity index (χ0v) is 11.3. The Bertz CT molecular complexity index is 383. The molecule has 2 nitrogen and oxygen atoms in total. The molecule has 1 N–H and O–H groups in total. The van der Waals surface area contributed by atoms with E-state index in [1.54, 1.807) is 0 Å². The van der Waals surface area contributed by atoms with Gasteiger partial charge in [0.2, 0.25) is 0 Å². The largest absolute Gasteiger partial charge is 0.394 e. The Hall–Kier alpha value is -1.02. The first-order valence-electron chi connectivity index (χ1n) is 5.72. The second-order valence-corrected chi connectivity index (χ2v) is 5.18. The Morgan fingerprint density at radius 2 is 1.69 bits per heavy atom. The molecule has 16 heavy (non-hydrogen) atoms. The normalized spacial score (nSPS) is 11.7. The van der Waals surface area contributed by atoms with Crippen LogP contribution in [0.3, 0.4) is 0 Å². The van der Waals surface area contributed by atoms with Crippen molar-refractivity contribution in [1.29, 1.82) is 0 Å². The van der Waals surface area contributed by atoms with Gasteiger partial charge in [-0.3, -0.25) is 0 Å². The van der Waals surface area contributed by atoms with Crippen LogP contribution < -0.4 is 4.90 Å². The van der Waals surface area contributed by atoms with E-state index in [1.807, 2.05) is 20.9 Å². The summed E-state index contributed by atoms with van der Waals surface area (Å²) in [5, 5.41) is 9.40. The van der Waals surface area contributed by atoms with E-state index in [4.69, 9.17) is 0 Å².